The molecular weight excluding hydrogens is 521 g/mol. The van der Waals surface area contributed by atoms with E-state index in [1.807, 2.05) is 11.8 Å². The number of thioether (sulfide) groups is 1. The van der Waals surface area contributed by atoms with Gasteiger partial charge in [0, 0.05) is 22.7 Å². The summed E-state index contributed by atoms with van der Waals surface area (Å²) in [6.07, 6.45) is 5.24. The van der Waals surface area contributed by atoms with E-state index in [0.717, 1.165) is 43.6 Å². The van der Waals surface area contributed by atoms with Crippen LogP contribution in [0.15, 0.2) is 91.0 Å². The maximum atomic E-state index is 12.6. The van der Waals surface area contributed by atoms with Crippen LogP contribution < -0.4 is 10.4 Å². The van der Waals surface area contributed by atoms with E-state index >= 15 is 0 Å². The van der Waals surface area contributed by atoms with Crippen LogP contribution in [0.5, 0.6) is 0 Å². The fourth-order valence-corrected chi connectivity index (χ4v) is 14.0. The van der Waals surface area contributed by atoms with Crippen molar-refractivity contribution in [1.29, 1.82) is 0 Å². The van der Waals surface area contributed by atoms with E-state index in [0.29, 0.717) is 5.92 Å². The lowest BCUT2D eigenvalue weighted by molar-refractivity contribution is 0.119. The van der Waals surface area contributed by atoms with Crippen molar-refractivity contribution < 1.29 is 8.63 Å². The molecule has 0 radical (unpaired) electrons. The third-order valence-electron chi connectivity index (χ3n) is 7.80. The Hall–Kier alpha value is -1.66. The molecule has 0 aliphatic carbocycles. The monoisotopic (exact) mass is 564 g/mol. The summed E-state index contributed by atoms with van der Waals surface area (Å²) in [5.41, 5.74) is 1.36. The fourth-order valence-electron chi connectivity index (χ4n) is 5.82. The molecule has 1 heterocycles. The van der Waals surface area contributed by atoms with Gasteiger partial charge >= 0.3 is 0 Å². The second kappa shape index (κ2) is 13.6. The van der Waals surface area contributed by atoms with Crippen LogP contribution in [0.1, 0.15) is 58.9 Å². The van der Waals surface area contributed by atoms with Gasteiger partial charge in [0.25, 0.3) is 8.32 Å². The quantitative estimate of drug-likeness (QED) is 0.231. The summed E-state index contributed by atoms with van der Waals surface area (Å²) in [5.74, 6) is 2.37. The van der Waals surface area contributed by atoms with Crippen LogP contribution in [0.2, 0.25) is 5.04 Å². The van der Waals surface area contributed by atoms with E-state index in [1.165, 1.54) is 15.9 Å². The van der Waals surface area contributed by atoms with Crippen molar-refractivity contribution in [2.45, 2.75) is 75.5 Å². The van der Waals surface area contributed by atoms with E-state index in [2.05, 4.69) is 119 Å². The van der Waals surface area contributed by atoms with Crippen molar-refractivity contribution >= 4 is 41.3 Å². The van der Waals surface area contributed by atoms with Gasteiger partial charge in [-0.05, 0) is 64.8 Å². The van der Waals surface area contributed by atoms with Crippen LogP contribution >= 0.6 is 11.8 Å². The van der Waals surface area contributed by atoms with E-state index in [4.69, 9.17) is 4.43 Å². The molecule has 0 aromatic heterocycles. The molecule has 4 rings (SSSR count). The third kappa shape index (κ3) is 7.10. The third-order valence-corrected chi connectivity index (χ3v) is 16.6. The molecule has 0 N–H and O–H groups in total. The predicted octanol–water partition coefficient (Wildman–Crippen LogP) is 7.19. The number of benzene rings is 3. The lowest BCUT2D eigenvalue weighted by Crippen LogP contribution is -2.68. The van der Waals surface area contributed by atoms with Crippen molar-refractivity contribution in [1.82, 2.24) is 0 Å². The molecule has 1 fully saturated rings. The van der Waals surface area contributed by atoms with Crippen LogP contribution in [0.3, 0.4) is 0 Å². The molecule has 2 nitrogen and oxygen atoms in total. The first-order valence-electron chi connectivity index (χ1n) is 14.1. The van der Waals surface area contributed by atoms with Gasteiger partial charge in [0.2, 0.25) is 0 Å². The Kier molecular flexibility index (Phi) is 10.5. The molecule has 3 aromatic carbocycles. The van der Waals surface area contributed by atoms with Crippen LogP contribution in [-0.2, 0) is 21.6 Å². The average Bonchev–Trinajstić information content (AvgIpc) is 2.92. The summed E-state index contributed by atoms with van der Waals surface area (Å²) in [6.45, 7) is 9.45. The van der Waals surface area contributed by atoms with Gasteiger partial charge in [-0.3, -0.25) is 4.21 Å². The molecule has 2 unspecified atom stereocenters. The molecule has 1 aliphatic heterocycles. The molecule has 0 bridgehead atoms. The molecule has 1 aliphatic rings. The zero-order valence-corrected chi connectivity index (χ0v) is 26.1. The molecule has 0 saturated carbocycles. The second-order valence-electron chi connectivity index (χ2n) is 11.7. The van der Waals surface area contributed by atoms with Gasteiger partial charge in [-0.15, -0.1) is 11.8 Å². The standard InChI is InChI=1S/C33H44O2S2Si/c1-27(26-28-16-8-5-9-17-28)31(22-14-23-32-36-24-15-25-37(32)34)35-38(33(2,3)4,29-18-10-6-11-19-29)30-20-12-7-13-21-30/h5-13,16-21,27,31-32H,14-15,22-26H2,1-4H3/t27-,31-,32?,37?/m1/s1. The first-order valence-corrected chi connectivity index (χ1v) is 18.5. The maximum Gasteiger partial charge on any atom is 0.261 e. The van der Waals surface area contributed by atoms with E-state index in [1.54, 1.807) is 0 Å². The number of rotatable bonds is 11. The highest BCUT2D eigenvalue weighted by molar-refractivity contribution is 8.11. The maximum absolute atomic E-state index is 12.6. The van der Waals surface area contributed by atoms with Crippen molar-refractivity contribution in [2.75, 3.05) is 11.5 Å². The van der Waals surface area contributed by atoms with Gasteiger partial charge in [-0.2, -0.15) is 0 Å². The minimum Gasteiger partial charge on any atom is -0.404 e. The molecule has 5 heteroatoms. The highest BCUT2D eigenvalue weighted by Gasteiger charge is 2.51. The Labute approximate surface area is 238 Å². The molecule has 4 atom stereocenters. The Morgan fingerprint density at radius 1 is 0.921 bits per heavy atom. The largest absolute Gasteiger partial charge is 0.404 e. The lowest BCUT2D eigenvalue weighted by atomic mass is 9.93. The highest BCUT2D eigenvalue weighted by atomic mass is 32.2. The van der Waals surface area contributed by atoms with Crippen LogP contribution in [0.25, 0.3) is 0 Å². The summed E-state index contributed by atoms with van der Waals surface area (Å²) in [6, 6.07) is 32.8. The molecular formula is C33H44O2S2Si. The Morgan fingerprint density at radius 2 is 1.47 bits per heavy atom. The van der Waals surface area contributed by atoms with E-state index < -0.39 is 19.1 Å². The zero-order valence-electron chi connectivity index (χ0n) is 23.5. The normalized spacial score (nSPS) is 20.1. The first-order chi connectivity index (χ1) is 18.3. The van der Waals surface area contributed by atoms with Crippen molar-refractivity contribution in [2.24, 2.45) is 5.92 Å². The van der Waals surface area contributed by atoms with Gasteiger partial charge in [-0.25, -0.2) is 0 Å². The van der Waals surface area contributed by atoms with E-state index in [9.17, 15) is 4.21 Å². The van der Waals surface area contributed by atoms with Gasteiger partial charge in [0.1, 0.15) is 0 Å². The van der Waals surface area contributed by atoms with Crippen molar-refractivity contribution in [3.8, 4) is 0 Å². The fraction of sp³-hybridized carbons (Fsp3) is 0.455. The van der Waals surface area contributed by atoms with Crippen molar-refractivity contribution in [3.63, 3.8) is 0 Å². The van der Waals surface area contributed by atoms with E-state index in [-0.39, 0.29) is 15.7 Å². The van der Waals surface area contributed by atoms with Crippen LogP contribution in [0, 0.1) is 5.92 Å². The topological polar surface area (TPSA) is 26.3 Å². The number of hydrogen-bond donors (Lipinski definition) is 0. The number of hydrogen-bond acceptors (Lipinski definition) is 3. The zero-order chi connectivity index (χ0) is 27.0. The lowest BCUT2D eigenvalue weighted by Gasteiger charge is -2.46. The van der Waals surface area contributed by atoms with Gasteiger partial charge < -0.3 is 4.43 Å². The van der Waals surface area contributed by atoms with Gasteiger partial charge in [-0.1, -0.05) is 119 Å². The predicted molar refractivity (Wildman–Crippen MR) is 170 cm³/mol. The van der Waals surface area contributed by atoms with Crippen molar-refractivity contribution in [3.05, 3.63) is 96.6 Å². The highest BCUT2D eigenvalue weighted by Crippen LogP contribution is 2.39. The van der Waals surface area contributed by atoms with Crippen LogP contribution in [-0.4, -0.2) is 34.7 Å². The molecule has 1 saturated heterocycles. The molecule has 0 amide bonds. The Balaban J connectivity index is 1.68. The molecule has 3 aromatic rings. The van der Waals surface area contributed by atoms with Gasteiger partial charge in [0.05, 0.1) is 4.58 Å². The first kappa shape index (κ1) is 29.3. The summed E-state index contributed by atoms with van der Waals surface area (Å²) < 4.78 is 20.6. The second-order valence-corrected chi connectivity index (χ2v) is 19.3. The molecule has 38 heavy (non-hydrogen) atoms. The Bertz CT molecular complexity index is 1090. The summed E-state index contributed by atoms with van der Waals surface area (Å²) in [5, 5.41) is 2.61. The minimum absolute atomic E-state index is 0.0544. The van der Waals surface area contributed by atoms with Crippen LogP contribution in [0.4, 0.5) is 0 Å². The molecule has 0 spiro atoms. The Morgan fingerprint density at radius 3 is 2.00 bits per heavy atom. The summed E-state index contributed by atoms with van der Waals surface area (Å²) in [4.78, 5) is 0. The minimum atomic E-state index is -2.66. The average molecular weight is 565 g/mol. The summed E-state index contributed by atoms with van der Waals surface area (Å²) in [7, 11) is -3.36. The molecule has 204 valence electrons. The van der Waals surface area contributed by atoms with Gasteiger partial charge in [0.15, 0.2) is 0 Å². The smallest absolute Gasteiger partial charge is 0.261 e. The summed E-state index contributed by atoms with van der Waals surface area (Å²) >= 11 is 1.91. The SMILES string of the molecule is C[C@H](Cc1ccccc1)[C@@H](CCCC1SCCCS1=O)O[Si](c1ccccc1)(c1ccccc1)C(C)(C)C.